The van der Waals surface area contributed by atoms with Crippen molar-refractivity contribution in [3.8, 4) is 0 Å². The highest BCUT2D eigenvalue weighted by atomic mass is 16.6. The molecule has 0 saturated carbocycles. The summed E-state index contributed by atoms with van der Waals surface area (Å²) in [6.45, 7) is 2.30. The number of hydrogen-bond donors (Lipinski definition) is 3. The van der Waals surface area contributed by atoms with E-state index in [0.29, 0.717) is 26.3 Å². The lowest BCUT2D eigenvalue weighted by Crippen LogP contribution is -2.47. The second-order valence-corrected chi connectivity index (χ2v) is 5.21. The zero-order valence-corrected chi connectivity index (χ0v) is 12.0. The van der Waals surface area contributed by atoms with Gasteiger partial charge in [-0.25, -0.2) is 11.3 Å². The first kappa shape index (κ1) is 14.9. The van der Waals surface area contributed by atoms with Crippen LogP contribution in [0.25, 0.3) is 0 Å². The Labute approximate surface area is 127 Å². The van der Waals surface area contributed by atoms with E-state index < -0.39 is 5.91 Å². The van der Waals surface area contributed by atoms with Crippen molar-refractivity contribution in [1.29, 1.82) is 0 Å². The predicted octanol–water partition coefficient (Wildman–Crippen LogP) is -0.965. The quantitative estimate of drug-likeness (QED) is 0.259. The number of rotatable bonds is 7. The molecule has 0 bridgehead atoms. The van der Waals surface area contributed by atoms with E-state index in [-0.39, 0.29) is 29.2 Å². The summed E-state index contributed by atoms with van der Waals surface area (Å²) < 4.78 is 10.3. The van der Waals surface area contributed by atoms with Crippen LogP contribution in [0.2, 0.25) is 0 Å². The standard InChI is InChI=1S/C14H18N4O4/c15-17-13(19)11-3-1-2-4-12(11)14(20)18(6-10-8-22-10)16-5-9-7-21-9/h1-4,9-10,16H,5-8,15H2,(H,17,19). The minimum absolute atomic E-state index is 0.0343. The van der Waals surface area contributed by atoms with Gasteiger partial charge < -0.3 is 9.47 Å². The molecule has 0 aromatic heterocycles. The molecular weight excluding hydrogens is 288 g/mol. The number of carbonyl (C=O) groups is 2. The van der Waals surface area contributed by atoms with Gasteiger partial charge in [-0.2, -0.15) is 0 Å². The Morgan fingerprint density at radius 2 is 1.82 bits per heavy atom. The molecule has 8 heteroatoms. The maximum Gasteiger partial charge on any atom is 0.268 e. The Morgan fingerprint density at radius 1 is 1.18 bits per heavy atom. The third kappa shape index (κ3) is 3.60. The number of benzene rings is 1. The van der Waals surface area contributed by atoms with E-state index in [2.05, 4.69) is 10.9 Å². The van der Waals surface area contributed by atoms with Crippen molar-refractivity contribution in [3.63, 3.8) is 0 Å². The molecule has 2 atom stereocenters. The van der Waals surface area contributed by atoms with Crippen molar-refractivity contribution >= 4 is 11.8 Å². The first-order valence-electron chi connectivity index (χ1n) is 7.07. The van der Waals surface area contributed by atoms with Crippen LogP contribution in [0.1, 0.15) is 20.7 Å². The van der Waals surface area contributed by atoms with Crippen LogP contribution in [-0.2, 0) is 9.47 Å². The van der Waals surface area contributed by atoms with Crippen molar-refractivity contribution in [2.24, 2.45) is 5.84 Å². The van der Waals surface area contributed by atoms with E-state index in [1.54, 1.807) is 24.3 Å². The first-order valence-corrected chi connectivity index (χ1v) is 7.07. The van der Waals surface area contributed by atoms with Gasteiger partial charge in [0.2, 0.25) is 0 Å². The SMILES string of the molecule is NNC(=O)c1ccccc1C(=O)N(CC1CO1)NCC1CO1. The zero-order valence-electron chi connectivity index (χ0n) is 12.0. The molecule has 2 aliphatic heterocycles. The molecule has 2 heterocycles. The first-order chi connectivity index (χ1) is 10.7. The van der Waals surface area contributed by atoms with Crippen LogP contribution in [0.15, 0.2) is 24.3 Å². The molecule has 2 fully saturated rings. The van der Waals surface area contributed by atoms with Crippen LogP contribution >= 0.6 is 0 Å². The van der Waals surface area contributed by atoms with Crippen molar-refractivity contribution < 1.29 is 19.1 Å². The van der Waals surface area contributed by atoms with E-state index in [0.717, 1.165) is 0 Å². The predicted molar refractivity (Wildman–Crippen MR) is 76.6 cm³/mol. The molecule has 2 amide bonds. The number of nitrogens with one attached hydrogen (secondary N) is 2. The highest BCUT2D eigenvalue weighted by Gasteiger charge is 2.31. The minimum atomic E-state index is -0.503. The molecule has 0 aliphatic carbocycles. The zero-order chi connectivity index (χ0) is 15.5. The Kier molecular flexibility index (Phi) is 4.34. The van der Waals surface area contributed by atoms with Gasteiger partial charge in [-0.1, -0.05) is 12.1 Å². The molecule has 4 N–H and O–H groups in total. The summed E-state index contributed by atoms with van der Waals surface area (Å²) in [5, 5.41) is 1.47. The summed E-state index contributed by atoms with van der Waals surface area (Å²) in [6.07, 6.45) is 0.171. The highest BCUT2D eigenvalue weighted by molar-refractivity contribution is 6.06. The summed E-state index contributed by atoms with van der Waals surface area (Å²) in [5.41, 5.74) is 5.63. The van der Waals surface area contributed by atoms with Crippen LogP contribution in [0.3, 0.4) is 0 Å². The van der Waals surface area contributed by atoms with Gasteiger partial charge in [0.15, 0.2) is 0 Å². The number of amides is 2. The molecule has 22 heavy (non-hydrogen) atoms. The number of nitrogens with zero attached hydrogens (tertiary/aromatic N) is 1. The fourth-order valence-electron chi connectivity index (χ4n) is 2.09. The third-order valence-corrected chi connectivity index (χ3v) is 3.48. The molecule has 1 aromatic rings. The average Bonchev–Trinajstić information content (AvgIpc) is 3.44. The number of hydrogen-bond acceptors (Lipinski definition) is 6. The smallest absolute Gasteiger partial charge is 0.268 e. The maximum atomic E-state index is 12.7. The Bertz CT molecular complexity index is 572. The lowest BCUT2D eigenvalue weighted by Gasteiger charge is -2.23. The van der Waals surface area contributed by atoms with Crippen molar-refractivity contribution in [3.05, 3.63) is 35.4 Å². The monoisotopic (exact) mass is 306 g/mol. The number of nitrogen functional groups attached to an aromatic ring is 1. The molecule has 8 nitrogen and oxygen atoms in total. The van der Waals surface area contributed by atoms with Crippen molar-refractivity contribution in [1.82, 2.24) is 15.9 Å². The van der Waals surface area contributed by atoms with E-state index in [1.807, 2.05) is 0 Å². The summed E-state index contributed by atoms with van der Waals surface area (Å²) in [7, 11) is 0. The highest BCUT2D eigenvalue weighted by Crippen LogP contribution is 2.16. The lowest BCUT2D eigenvalue weighted by atomic mass is 10.1. The van der Waals surface area contributed by atoms with Gasteiger partial charge in [0.25, 0.3) is 11.8 Å². The minimum Gasteiger partial charge on any atom is -0.372 e. The van der Waals surface area contributed by atoms with Gasteiger partial charge in [-0.3, -0.25) is 20.0 Å². The van der Waals surface area contributed by atoms with E-state index in [4.69, 9.17) is 15.3 Å². The fraction of sp³-hybridized carbons (Fsp3) is 0.429. The van der Waals surface area contributed by atoms with Gasteiger partial charge in [0, 0.05) is 6.54 Å². The Hall–Kier alpha value is -2.00. The molecule has 2 aliphatic rings. The largest absolute Gasteiger partial charge is 0.372 e. The molecule has 3 rings (SSSR count). The van der Waals surface area contributed by atoms with Gasteiger partial charge in [-0.15, -0.1) is 0 Å². The summed E-state index contributed by atoms with van der Waals surface area (Å²) in [4.78, 5) is 24.5. The summed E-state index contributed by atoms with van der Waals surface area (Å²) in [6, 6.07) is 6.55. The van der Waals surface area contributed by atoms with Crippen LogP contribution in [-0.4, -0.2) is 55.3 Å². The molecule has 118 valence electrons. The van der Waals surface area contributed by atoms with Crippen LogP contribution in [0.5, 0.6) is 0 Å². The average molecular weight is 306 g/mol. The van der Waals surface area contributed by atoms with Gasteiger partial charge in [0.1, 0.15) is 6.10 Å². The van der Waals surface area contributed by atoms with Gasteiger partial charge >= 0.3 is 0 Å². The summed E-state index contributed by atoms with van der Waals surface area (Å²) >= 11 is 0. The van der Waals surface area contributed by atoms with E-state index in [9.17, 15) is 9.59 Å². The molecule has 2 unspecified atom stereocenters. The molecule has 0 spiro atoms. The summed E-state index contributed by atoms with van der Waals surface area (Å²) in [5.74, 6) is 4.37. The maximum absolute atomic E-state index is 12.7. The molecular formula is C14H18N4O4. The molecule has 1 aromatic carbocycles. The van der Waals surface area contributed by atoms with Gasteiger partial charge in [0.05, 0.1) is 37.0 Å². The second-order valence-electron chi connectivity index (χ2n) is 5.21. The third-order valence-electron chi connectivity index (χ3n) is 3.48. The molecule has 2 saturated heterocycles. The number of hydrazine groups is 2. The van der Waals surface area contributed by atoms with Crippen LogP contribution in [0.4, 0.5) is 0 Å². The number of carbonyl (C=O) groups excluding carboxylic acids is 2. The Balaban J connectivity index is 1.77. The topological polar surface area (TPSA) is 113 Å². The van der Waals surface area contributed by atoms with Gasteiger partial charge in [-0.05, 0) is 12.1 Å². The number of nitrogens with two attached hydrogens (primary N) is 1. The number of epoxide rings is 2. The lowest BCUT2D eigenvalue weighted by molar-refractivity contribution is 0.0630. The van der Waals surface area contributed by atoms with E-state index >= 15 is 0 Å². The van der Waals surface area contributed by atoms with Crippen LogP contribution < -0.4 is 16.7 Å². The second kappa shape index (κ2) is 6.41. The normalized spacial score (nSPS) is 22.0. The fourth-order valence-corrected chi connectivity index (χ4v) is 2.09. The number of ether oxygens (including phenoxy) is 2. The van der Waals surface area contributed by atoms with Crippen LogP contribution in [0, 0.1) is 0 Å². The molecule has 0 radical (unpaired) electrons. The Morgan fingerprint density at radius 3 is 2.41 bits per heavy atom. The van der Waals surface area contributed by atoms with Crippen molar-refractivity contribution in [2.45, 2.75) is 12.2 Å². The van der Waals surface area contributed by atoms with Crippen molar-refractivity contribution in [2.75, 3.05) is 26.3 Å². The van der Waals surface area contributed by atoms with E-state index in [1.165, 1.54) is 5.01 Å².